The first-order valence-corrected chi connectivity index (χ1v) is 6.74. The first-order valence-electron chi connectivity index (χ1n) is 6.74. The van der Waals surface area contributed by atoms with Gasteiger partial charge in [-0.2, -0.15) is 5.26 Å². The fourth-order valence-corrected chi connectivity index (χ4v) is 2.52. The molecule has 1 aromatic heterocycles. The van der Waals surface area contributed by atoms with E-state index in [1.54, 1.807) is 30.7 Å². The number of rotatable bonds is 2. The molecule has 3 rings (SSSR count). The van der Waals surface area contributed by atoms with Crippen molar-refractivity contribution in [3.8, 4) is 6.07 Å². The summed E-state index contributed by atoms with van der Waals surface area (Å²) in [5.74, 6) is 0.378. The van der Waals surface area contributed by atoms with Gasteiger partial charge >= 0.3 is 0 Å². The zero-order valence-electron chi connectivity index (χ0n) is 11.4. The van der Waals surface area contributed by atoms with Crippen molar-refractivity contribution < 1.29 is 4.39 Å². The fourth-order valence-electron chi connectivity index (χ4n) is 2.52. The second-order valence-electron chi connectivity index (χ2n) is 4.78. The van der Waals surface area contributed by atoms with Crippen LogP contribution in [0.25, 0.3) is 0 Å². The van der Waals surface area contributed by atoms with E-state index >= 15 is 0 Å². The molecule has 1 fully saturated rings. The van der Waals surface area contributed by atoms with Crippen LogP contribution in [0, 0.1) is 17.1 Å². The zero-order chi connectivity index (χ0) is 14.7. The first-order chi connectivity index (χ1) is 10.3. The Morgan fingerprint density at radius 1 is 1.10 bits per heavy atom. The summed E-state index contributed by atoms with van der Waals surface area (Å²) in [5.41, 5.74) is 0.779. The van der Waals surface area contributed by atoms with Gasteiger partial charge in [-0.15, -0.1) is 0 Å². The maximum Gasteiger partial charge on any atom is 0.147 e. The summed E-state index contributed by atoms with van der Waals surface area (Å²) in [6.45, 7) is 2.96. The lowest BCUT2D eigenvalue weighted by atomic mass is 10.1. The van der Waals surface area contributed by atoms with Crippen LogP contribution in [-0.2, 0) is 0 Å². The van der Waals surface area contributed by atoms with Crippen LogP contribution >= 0.6 is 0 Å². The summed E-state index contributed by atoms with van der Waals surface area (Å²) < 4.78 is 13.7. The predicted octanol–water partition coefficient (Wildman–Crippen LogP) is 1.81. The zero-order valence-corrected chi connectivity index (χ0v) is 11.4. The Balaban J connectivity index is 1.75. The smallest absolute Gasteiger partial charge is 0.147 e. The largest absolute Gasteiger partial charge is 0.367 e. The van der Waals surface area contributed by atoms with E-state index in [9.17, 15) is 4.39 Å². The van der Waals surface area contributed by atoms with Gasteiger partial charge in [0.1, 0.15) is 23.3 Å². The van der Waals surface area contributed by atoms with Crippen LogP contribution in [0.4, 0.5) is 15.9 Å². The molecule has 21 heavy (non-hydrogen) atoms. The molecule has 2 aromatic rings. The molecule has 6 heteroatoms. The molecule has 1 aliphatic heterocycles. The summed E-state index contributed by atoms with van der Waals surface area (Å²) in [7, 11) is 0. The van der Waals surface area contributed by atoms with Gasteiger partial charge in [0.05, 0.1) is 11.9 Å². The van der Waals surface area contributed by atoms with Crippen LogP contribution in [0.5, 0.6) is 0 Å². The molecule has 0 aliphatic carbocycles. The number of hydrogen-bond acceptors (Lipinski definition) is 5. The maximum absolute atomic E-state index is 13.7. The molecule has 0 atom stereocenters. The summed E-state index contributed by atoms with van der Waals surface area (Å²) >= 11 is 0. The number of piperazine rings is 1. The molecule has 0 N–H and O–H groups in total. The van der Waals surface area contributed by atoms with Crippen LogP contribution < -0.4 is 9.80 Å². The molecular formula is C15H14FN5. The van der Waals surface area contributed by atoms with E-state index in [0.717, 1.165) is 18.9 Å². The van der Waals surface area contributed by atoms with E-state index in [0.29, 0.717) is 18.8 Å². The van der Waals surface area contributed by atoms with Gasteiger partial charge in [0.15, 0.2) is 0 Å². The van der Waals surface area contributed by atoms with E-state index in [2.05, 4.69) is 14.9 Å². The number of benzene rings is 1. The van der Waals surface area contributed by atoms with E-state index in [4.69, 9.17) is 5.26 Å². The number of aromatic nitrogens is 2. The van der Waals surface area contributed by atoms with E-state index in [-0.39, 0.29) is 5.56 Å². The topological polar surface area (TPSA) is 56.1 Å². The highest BCUT2D eigenvalue weighted by molar-refractivity contribution is 5.60. The summed E-state index contributed by atoms with van der Waals surface area (Å²) in [6.07, 6.45) is 5.05. The van der Waals surface area contributed by atoms with Crippen molar-refractivity contribution >= 4 is 11.5 Å². The van der Waals surface area contributed by atoms with Crippen LogP contribution in [0.2, 0.25) is 0 Å². The minimum absolute atomic E-state index is 0.116. The Bertz CT molecular complexity index is 660. The molecule has 5 nitrogen and oxygen atoms in total. The highest BCUT2D eigenvalue weighted by atomic mass is 19.1. The molecular weight excluding hydrogens is 269 g/mol. The van der Waals surface area contributed by atoms with Gasteiger partial charge < -0.3 is 9.80 Å². The minimum Gasteiger partial charge on any atom is -0.367 e. The highest BCUT2D eigenvalue weighted by Crippen LogP contribution is 2.24. The van der Waals surface area contributed by atoms with Crippen molar-refractivity contribution in [2.75, 3.05) is 36.0 Å². The molecule has 106 valence electrons. The maximum atomic E-state index is 13.7. The van der Waals surface area contributed by atoms with Crippen molar-refractivity contribution in [3.63, 3.8) is 0 Å². The van der Waals surface area contributed by atoms with Gasteiger partial charge in [-0.1, -0.05) is 6.07 Å². The van der Waals surface area contributed by atoms with Gasteiger partial charge in [0.2, 0.25) is 0 Å². The molecule has 0 unspecified atom stereocenters. The Labute approximate surface area is 122 Å². The Hall–Kier alpha value is -2.68. The normalized spacial score (nSPS) is 14.9. The third-order valence-corrected chi connectivity index (χ3v) is 3.60. The summed E-state index contributed by atoms with van der Waals surface area (Å²) in [4.78, 5) is 12.5. The van der Waals surface area contributed by atoms with Gasteiger partial charge in [-0.3, -0.25) is 4.98 Å². The average molecular weight is 283 g/mol. The lowest BCUT2D eigenvalue weighted by Crippen LogP contribution is -2.47. The first kappa shape index (κ1) is 13.3. The van der Waals surface area contributed by atoms with Gasteiger partial charge in [0, 0.05) is 38.6 Å². The lowest BCUT2D eigenvalue weighted by Gasteiger charge is -2.36. The molecule has 0 radical (unpaired) electrons. The molecule has 1 saturated heterocycles. The van der Waals surface area contributed by atoms with E-state index in [1.807, 2.05) is 11.0 Å². The average Bonchev–Trinajstić information content (AvgIpc) is 2.55. The monoisotopic (exact) mass is 283 g/mol. The Morgan fingerprint density at radius 2 is 1.86 bits per heavy atom. The third kappa shape index (κ3) is 2.63. The molecule has 0 saturated carbocycles. The summed E-state index contributed by atoms with van der Waals surface area (Å²) in [5, 5.41) is 9.11. The minimum atomic E-state index is -0.466. The molecule has 0 amide bonds. The van der Waals surface area contributed by atoms with Crippen LogP contribution in [0.3, 0.4) is 0 Å². The second kappa shape index (κ2) is 5.75. The fraction of sp³-hybridized carbons (Fsp3) is 0.267. The quantitative estimate of drug-likeness (QED) is 0.841. The van der Waals surface area contributed by atoms with Gasteiger partial charge in [0.25, 0.3) is 0 Å². The van der Waals surface area contributed by atoms with E-state index < -0.39 is 5.82 Å². The number of anilines is 2. The van der Waals surface area contributed by atoms with Crippen molar-refractivity contribution in [2.45, 2.75) is 0 Å². The SMILES string of the molecule is N#Cc1c(F)cccc1N1CCN(c2cnccn2)CC1. The number of nitrogens with zero attached hydrogens (tertiary/aromatic N) is 5. The van der Waals surface area contributed by atoms with Crippen LogP contribution in [0.15, 0.2) is 36.8 Å². The standard InChI is InChI=1S/C15H14FN5/c16-13-2-1-3-14(12(13)10-17)20-6-8-21(9-7-20)15-11-18-4-5-19-15/h1-5,11H,6-9H2. The van der Waals surface area contributed by atoms with Crippen molar-refractivity contribution in [1.82, 2.24) is 9.97 Å². The van der Waals surface area contributed by atoms with Crippen molar-refractivity contribution in [3.05, 3.63) is 48.2 Å². The van der Waals surface area contributed by atoms with Crippen LogP contribution in [0.1, 0.15) is 5.56 Å². The predicted molar refractivity (Wildman–Crippen MR) is 77.6 cm³/mol. The Kier molecular flexibility index (Phi) is 3.65. The summed E-state index contributed by atoms with van der Waals surface area (Å²) in [6, 6.07) is 6.70. The lowest BCUT2D eigenvalue weighted by molar-refractivity contribution is 0.615. The highest BCUT2D eigenvalue weighted by Gasteiger charge is 2.21. The molecule has 1 aromatic carbocycles. The van der Waals surface area contributed by atoms with Gasteiger partial charge in [-0.05, 0) is 12.1 Å². The third-order valence-electron chi connectivity index (χ3n) is 3.60. The molecule has 0 spiro atoms. The van der Waals surface area contributed by atoms with Crippen molar-refractivity contribution in [2.24, 2.45) is 0 Å². The van der Waals surface area contributed by atoms with Crippen molar-refractivity contribution in [1.29, 1.82) is 5.26 Å². The molecule has 1 aliphatic rings. The Morgan fingerprint density at radius 3 is 2.52 bits per heavy atom. The van der Waals surface area contributed by atoms with E-state index in [1.165, 1.54) is 6.07 Å². The van der Waals surface area contributed by atoms with Crippen LogP contribution in [-0.4, -0.2) is 36.1 Å². The number of halogens is 1. The second-order valence-corrected chi connectivity index (χ2v) is 4.78. The number of nitriles is 1. The van der Waals surface area contributed by atoms with Gasteiger partial charge in [-0.25, -0.2) is 9.37 Å². The molecule has 2 heterocycles. The number of hydrogen-bond donors (Lipinski definition) is 0. The molecule has 0 bridgehead atoms.